The summed E-state index contributed by atoms with van der Waals surface area (Å²) in [6.45, 7) is 2.80. The fraction of sp³-hybridized carbons (Fsp3) is 0.267. The first kappa shape index (κ1) is 16.2. The monoisotopic (exact) mass is 320 g/mol. The summed E-state index contributed by atoms with van der Waals surface area (Å²) < 4.78 is 4.88. The summed E-state index contributed by atoms with van der Waals surface area (Å²) in [7, 11) is 1.57. The van der Waals surface area contributed by atoms with Crippen molar-refractivity contribution >= 4 is 29.0 Å². The topological polar surface area (TPSA) is 76.1 Å². The first-order chi connectivity index (χ1) is 10.6. The summed E-state index contributed by atoms with van der Waals surface area (Å²) in [5, 5.41) is 6.46. The highest BCUT2D eigenvalue weighted by Crippen LogP contribution is 2.22. The molecule has 0 saturated carbocycles. The fourth-order valence-corrected chi connectivity index (χ4v) is 1.91. The molecule has 1 amide bonds. The molecule has 22 heavy (non-hydrogen) atoms. The third-order valence-corrected chi connectivity index (χ3v) is 3.34. The molecule has 0 unspecified atom stereocenters. The summed E-state index contributed by atoms with van der Waals surface area (Å²) in [6.07, 6.45) is 1.34. The molecule has 7 heteroatoms. The van der Waals surface area contributed by atoms with Crippen LogP contribution in [0.15, 0.2) is 30.6 Å². The average Bonchev–Trinajstić information content (AvgIpc) is 2.51. The molecule has 6 nitrogen and oxygen atoms in total. The maximum Gasteiger partial charge on any atom is 0.270 e. The zero-order valence-corrected chi connectivity index (χ0v) is 13.1. The number of carbonyl (C=O) groups is 1. The molecule has 0 radical (unpaired) electrons. The molecule has 1 aromatic heterocycles. The molecule has 0 aliphatic rings. The Morgan fingerprint density at radius 2 is 2.14 bits per heavy atom. The van der Waals surface area contributed by atoms with Crippen LogP contribution in [0.3, 0.4) is 0 Å². The number of aryl methyl sites for hydroxylation is 1. The quantitative estimate of drug-likeness (QED) is 0.800. The molecule has 1 aromatic carbocycles. The van der Waals surface area contributed by atoms with Gasteiger partial charge in [0.2, 0.25) is 0 Å². The second-order valence-electron chi connectivity index (χ2n) is 4.63. The van der Waals surface area contributed by atoms with Crippen LogP contribution in [0.5, 0.6) is 0 Å². The summed E-state index contributed by atoms with van der Waals surface area (Å²) >= 11 is 6.08. The first-order valence-corrected chi connectivity index (χ1v) is 7.10. The van der Waals surface area contributed by atoms with Gasteiger partial charge < -0.3 is 15.4 Å². The molecule has 0 spiro atoms. The van der Waals surface area contributed by atoms with Crippen molar-refractivity contribution in [1.29, 1.82) is 0 Å². The van der Waals surface area contributed by atoms with Gasteiger partial charge in [-0.05, 0) is 24.6 Å². The van der Waals surface area contributed by atoms with Crippen LogP contribution >= 0.6 is 11.6 Å². The largest absolute Gasteiger partial charge is 0.383 e. The van der Waals surface area contributed by atoms with Crippen LogP contribution in [0.2, 0.25) is 5.02 Å². The lowest BCUT2D eigenvalue weighted by Gasteiger charge is -2.08. The second kappa shape index (κ2) is 7.72. The molecule has 0 aliphatic carbocycles. The highest BCUT2D eigenvalue weighted by Gasteiger charge is 2.08. The fourth-order valence-electron chi connectivity index (χ4n) is 1.73. The Balaban J connectivity index is 2.07. The van der Waals surface area contributed by atoms with Crippen LogP contribution in [0.25, 0.3) is 0 Å². The minimum absolute atomic E-state index is 0.274. The molecule has 0 bridgehead atoms. The van der Waals surface area contributed by atoms with E-state index in [-0.39, 0.29) is 11.6 Å². The van der Waals surface area contributed by atoms with E-state index >= 15 is 0 Å². The van der Waals surface area contributed by atoms with Gasteiger partial charge in [-0.2, -0.15) is 0 Å². The number of halogens is 1. The van der Waals surface area contributed by atoms with E-state index in [1.54, 1.807) is 19.2 Å². The molecule has 2 aromatic rings. The SMILES string of the molecule is COCCNC(=O)c1cc(Nc2ccc(C)c(Cl)c2)ncn1. The van der Waals surface area contributed by atoms with Crippen molar-refractivity contribution in [3.8, 4) is 0 Å². The number of rotatable bonds is 6. The van der Waals surface area contributed by atoms with Crippen molar-refractivity contribution in [1.82, 2.24) is 15.3 Å². The molecule has 2 N–H and O–H groups in total. The van der Waals surface area contributed by atoms with Gasteiger partial charge in [-0.15, -0.1) is 0 Å². The number of carbonyl (C=O) groups excluding carboxylic acids is 1. The maximum atomic E-state index is 11.9. The predicted octanol–water partition coefficient (Wildman–Crippen LogP) is 2.56. The molecule has 2 rings (SSSR count). The predicted molar refractivity (Wildman–Crippen MR) is 85.7 cm³/mol. The van der Waals surface area contributed by atoms with Gasteiger partial charge in [0, 0.05) is 30.4 Å². The van der Waals surface area contributed by atoms with E-state index in [1.165, 1.54) is 6.33 Å². The van der Waals surface area contributed by atoms with Crippen molar-refractivity contribution in [3.63, 3.8) is 0 Å². The number of hydrogen-bond acceptors (Lipinski definition) is 5. The van der Waals surface area contributed by atoms with Crippen LogP contribution in [0.1, 0.15) is 16.1 Å². The zero-order chi connectivity index (χ0) is 15.9. The average molecular weight is 321 g/mol. The van der Waals surface area contributed by atoms with Crippen molar-refractivity contribution in [2.45, 2.75) is 6.92 Å². The Bertz CT molecular complexity index is 664. The lowest BCUT2D eigenvalue weighted by molar-refractivity contribution is 0.0932. The van der Waals surface area contributed by atoms with Gasteiger partial charge in [0.15, 0.2) is 0 Å². The number of nitrogens with zero attached hydrogens (tertiary/aromatic N) is 2. The number of hydrogen-bond donors (Lipinski definition) is 2. The number of methoxy groups -OCH3 is 1. The lowest BCUT2D eigenvalue weighted by atomic mass is 10.2. The number of nitrogens with one attached hydrogen (secondary N) is 2. The summed E-state index contributed by atoms with van der Waals surface area (Å²) in [4.78, 5) is 20.0. The van der Waals surface area contributed by atoms with E-state index in [0.717, 1.165) is 11.3 Å². The lowest BCUT2D eigenvalue weighted by Crippen LogP contribution is -2.27. The molecule has 1 heterocycles. The number of benzene rings is 1. The van der Waals surface area contributed by atoms with E-state index < -0.39 is 0 Å². The van der Waals surface area contributed by atoms with Crippen LogP contribution < -0.4 is 10.6 Å². The Morgan fingerprint density at radius 1 is 1.32 bits per heavy atom. The molecule has 0 saturated heterocycles. The summed E-state index contributed by atoms with van der Waals surface area (Å²) in [5.41, 5.74) is 2.07. The van der Waals surface area contributed by atoms with E-state index in [0.29, 0.717) is 24.0 Å². The molecule has 0 atom stereocenters. The first-order valence-electron chi connectivity index (χ1n) is 6.72. The molecule has 0 fully saturated rings. The van der Waals surface area contributed by atoms with E-state index in [9.17, 15) is 4.79 Å². The minimum atomic E-state index is -0.274. The van der Waals surface area contributed by atoms with Gasteiger partial charge in [-0.25, -0.2) is 9.97 Å². The van der Waals surface area contributed by atoms with Crippen molar-refractivity contribution in [2.75, 3.05) is 25.6 Å². The van der Waals surface area contributed by atoms with E-state index in [2.05, 4.69) is 20.6 Å². The normalized spacial score (nSPS) is 10.3. The summed E-state index contributed by atoms with van der Waals surface area (Å²) in [6, 6.07) is 7.18. The van der Waals surface area contributed by atoms with Gasteiger partial charge in [0.25, 0.3) is 5.91 Å². The Hall–Kier alpha value is -2.18. The number of amides is 1. The Kier molecular flexibility index (Phi) is 5.68. The van der Waals surface area contributed by atoms with Gasteiger partial charge in [0.1, 0.15) is 17.8 Å². The highest BCUT2D eigenvalue weighted by atomic mass is 35.5. The van der Waals surface area contributed by atoms with Crippen molar-refractivity contribution < 1.29 is 9.53 Å². The summed E-state index contributed by atoms with van der Waals surface area (Å²) in [5.74, 6) is 0.247. The standard InChI is InChI=1S/C15H17ClN4O2/c1-10-3-4-11(7-12(10)16)20-14-8-13(18-9-19-14)15(21)17-5-6-22-2/h3-4,7-9H,5-6H2,1-2H3,(H,17,21)(H,18,19,20). The Labute approximate surface area is 133 Å². The number of aromatic nitrogens is 2. The number of ether oxygens (including phenoxy) is 1. The smallest absolute Gasteiger partial charge is 0.270 e. The van der Waals surface area contributed by atoms with Crippen LogP contribution in [-0.2, 0) is 4.74 Å². The zero-order valence-electron chi connectivity index (χ0n) is 12.4. The Morgan fingerprint density at radius 3 is 2.86 bits per heavy atom. The van der Waals surface area contributed by atoms with Crippen LogP contribution in [0.4, 0.5) is 11.5 Å². The van der Waals surface area contributed by atoms with Crippen molar-refractivity contribution in [3.05, 3.63) is 46.9 Å². The van der Waals surface area contributed by atoms with Gasteiger partial charge in [-0.1, -0.05) is 17.7 Å². The third kappa shape index (κ3) is 4.41. The van der Waals surface area contributed by atoms with Crippen molar-refractivity contribution in [2.24, 2.45) is 0 Å². The molecule has 0 aliphatic heterocycles. The van der Waals surface area contributed by atoms with Gasteiger partial charge in [0.05, 0.1) is 6.61 Å². The molecular formula is C15H17ClN4O2. The highest BCUT2D eigenvalue weighted by molar-refractivity contribution is 6.31. The van der Waals surface area contributed by atoms with E-state index in [1.807, 2.05) is 19.1 Å². The minimum Gasteiger partial charge on any atom is -0.383 e. The van der Waals surface area contributed by atoms with Gasteiger partial charge in [-0.3, -0.25) is 4.79 Å². The van der Waals surface area contributed by atoms with E-state index in [4.69, 9.17) is 16.3 Å². The van der Waals surface area contributed by atoms with Crippen LogP contribution in [0, 0.1) is 6.92 Å². The molecular weight excluding hydrogens is 304 g/mol. The second-order valence-corrected chi connectivity index (χ2v) is 5.03. The number of anilines is 2. The van der Waals surface area contributed by atoms with Gasteiger partial charge >= 0.3 is 0 Å². The molecule has 116 valence electrons. The third-order valence-electron chi connectivity index (χ3n) is 2.94. The van der Waals surface area contributed by atoms with Crippen LogP contribution in [-0.4, -0.2) is 36.1 Å². The maximum absolute atomic E-state index is 11.9.